The van der Waals surface area contributed by atoms with Crippen LogP contribution in [0.3, 0.4) is 0 Å². The highest BCUT2D eigenvalue weighted by Crippen LogP contribution is 2.36. The van der Waals surface area contributed by atoms with Crippen molar-refractivity contribution in [2.24, 2.45) is 27.5 Å². The van der Waals surface area contributed by atoms with Gasteiger partial charge < -0.3 is 15.5 Å². The Kier molecular flexibility index (Phi) is 8.64. The maximum atomic E-state index is 6.40. The van der Waals surface area contributed by atoms with Gasteiger partial charge in [0.05, 0.1) is 29.4 Å². The van der Waals surface area contributed by atoms with E-state index in [1.807, 2.05) is 24.4 Å². The molecule has 1 aromatic rings. The Morgan fingerprint density at radius 3 is 2.65 bits per heavy atom. The largest absolute Gasteiger partial charge is 0.489 e. The lowest BCUT2D eigenvalue weighted by Crippen LogP contribution is -2.28. The summed E-state index contributed by atoms with van der Waals surface area (Å²) in [7, 11) is 1.80. The zero-order chi connectivity index (χ0) is 22.1. The molecule has 1 heterocycles. The van der Waals surface area contributed by atoms with Crippen molar-refractivity contribution in [3.05, 3.63) is 41.5 Å². The molecule has 4 N–H and O–H groups in total. The molecule has 0 radical (unpaired) electrons. The van der Waals surface area contributed by atoms with E-state index < -0.39 is 0 Å². The molecule has 7 heteroatoms. The van der Waals surface area contributed by atoms with E-state index in [0.29, 0.717) is 30.0 Å². The van der Waals surface area contributed by atoms with Crippen LogP contribution in [0.4, 0.5) is 0 Å². The van der Waals surface area contributed by atoms with Crippen LogP contribution < -0.4 is 16.3 Å². The van der Waals surface area contributed by atoms with Crippen molar-refractivity contribution in [1.29, 1.82) is 0 Å². The van der Waals surface area contributed by atoms with Crippen LogP contribution in [0.15, 0.2) is 45.8 Å². The van der Waals surface area contributed by atoms with Crippen molar-refractivity contribution in [1.82, 2.24) is 9.99 Å². The molecule has 0 amide bonds. The minimum atomic E-state index is 0.304. The summed E-state index contributed by atoms with van der Waals surface area (Å²) < 4.78 is 6.06. The van der Waals surface area contributed by atoms with E-state index in [9.17, 15) is 0 Å². The van der Waals surface area contributed by atoms with Gasteiger partial charge in [0, 0.05) is 31.4 Å². The minimum Gasteiger partial charge on any atom is -0.489 e. The molecule has 0 atom stereocenters. The zero-order valence-corrected chi connectivity index (χ0v) is 18.7. The second-order valence-corrected chi connectivity index (χ2v) is 8.41. The van der Waals surface area contributed by atoms with Crippen molar-refractivity contribution in [2.45, 2.75) is 63.9 Å². The Morgan fingerprint density at radius 2 is 2.03 bits per heavy atom. The summed E-state index contributed by atoms with van der Waals surface area (Å²) in [6, 6.07) is 3.85. The Morgan fingerprint density at radius 1 is 1.26 bits per heavy atom. The summed E-state index contributed by atoms with van der Waals surface area (Å²) in [6.45, 7) is 4.32. The first-order valence-electron chi connectivity index (χ1n) is 11.4. The highest BCUT2D eigenvalue weighted by atomic mass is 16.5. The van der Waals surface area contributed by atoms with Gasteiger partial charge in [0.2, 0.25) is 0 Å². The number of hydrogen-bond acceptors (Lipinski definition) is 7. The summed E-state index contributed by atoms with van der Waals surface area (Å²) in [5.74, 6) is 7.42. The van der Waals surface area contributed by atoms with Crippen LogP contribution in [-0.4, -0.2) is 42.6 Å². The Bertz CT molecular complexity index is 802. The lowest BCUT2D eigenvalue weighted by Gasteiger charge is -2.23. The van der Waals surface area contributed by atoms with Gasteiger partial charge in [-0.1, -0.05) is 6.42 Å². The normalized spacial score (nSPS) is 18.7. The van der Waals surface area contributed by atoms with Crippen LogP contribution in [0, 0.1) is 5.92 Å². The van der Waals surface area contributed by atoms with E-state index in [1.54, 1.807) is 18.3 Å². The average Bonchev–Trinajstić information content (AvgIpc) is 3.62. The first kappa shape index (κ1) is 23.0. The molecule has 2 aliphatic carbocycles. The smallest absolute Gasteiger partial charge is 0.138 e. The average molecular weight is 425 g/mol. The monoisotopic (exact) mass is 424 g/mol. The molecule has 31 heavy (non-hydrogen) atoms. The lowest BCUT2D eigenvalue weighted by atomic mass is 9.98. The Labute approximate surface area is 186 Å². The number of aromatic nitrogens is 1. The van der Waals surface area contributed by atoms with Gasteiger partial charge in [0.15, 0.2) is 0 Å². The predicted octanol–water partition coefficient (Wildman–Crippen LogP) is 4.07. The van der Waals surface area contributed by atoms with Crippen LogP contribution >= 0.6 is 0 Å². The summed E-state index contributed by atoms with van der Waals surface area (Å²) >= 11 is 0. The van der Waals surface area contributed by atoms with Gasteiger partial charge in [-0.15, -0.1) is 0 Å². The van der Waals surface area contributed by atoms with E-state index in [1.165, 1.54) is 32.1 Å². The maximum absolute atomic E-state index is 6.40. The summed E-state index contributed by atoms with van der Waals surface area (Å²) in [4.78, 5) is 13.0. The number of allylic oxidation sites excluding steroid dienone is 3. The molecule has 2 fully saturated rings. The van der Waals surface area contributed by atoms with Crippen molar-refractivity contribution in [3.63, 3.8) is 0 Å². The van der Waals surface area contributed by atoms with Crippen molar-refractivity contribution in [2.75, 3.05) is 13.6 Å². The number of ether oxygens (including phenoxy) is 1. The topological polar surface area (TPSA) is 102 Å². The van der Waals surface area contributed by atoms with Crippen LogP contribution in [0.1, 0.15) is 63.5 Å². The fourth-order valence-electron chi connectivity index (χ4n) is 3.87. The number of rotatable bonds is 11. The first-order chi connectivity index (χ1) is 15.1. The molecule has 0 spiro atoms. The van der Waals surface area contributed by atoms with Gasteiger partial charge in [0.1, 0.15) is 5.75 Å². The van der Waals surface area contributed by atoms with Gasteiger partial charge in [0.25, 0.3) is 0 Å². The number of hydrogen-bond donors (Lipinski definition) is 2. The molecule has 0 saturated heterocycles. The van der Waals surface area contributed by atoms with E-state index in [0.717, 1.165) is 42.8 Å². The van der Waals surface area contributed by atoms with E-state index in [4.69, 9.17) is 16.3 Å². The highest BCUT2D eigenvalue weighted by Gasteiger charge is 2.24. The van der Waals surface area contributed by atoms with Gasteiger partial charge in [-0.05, 0) is 76.3 Å². The summed E-state index contributed by atoms with van der Waals surface area (Å²) in [5.41, 5.74) is 9.59. The molecule has 0 aliphatic heterocycles. The molecule has 2 aliphatic rings. The van der Waals surface area contributed by atoms with Gasteiger partial charge in [-0.3, -0.25) is 15.0 Å². The van der Waals surface area contributed by atoms with Crippen molar-refractivity contribution in [3.8, 4) is 5.75 Å². The molecule has 7 nitrogen and oxygen atoms in total. The number of nitrogens with two attached hydrogens (primary N) is 2. The quantitative estimate of drug-likeness (QED) is 0.241. The number of hydrazine groups is 1. The maximum Gasteiger partial charge on any atom is 0.138 e. The van der Waals surface area contributed by atoms with E-state index in [-0.39, 0.29) is 0 Å². The third kappa shape index (κ3) is 7.21. The van der Waals surface area contributed by atoms with Crippen LogP contribution in [0.2, 0.25) is 0 Å². The lowest BCUT2D eigenvalue weighted by molar-refractivity contribution is 0.154. The number of aliphatic imine (C=N–C) groups is 2. The summed E-state index contributed by atoms with van der Waals surface area (Å²) in [5, 5.41) is 1.57. The SMILES string of the molecule is C=N/C(=C\C=N/CCC/C(=C(/N)c1ccc(OC2CCCCC2)cn1)N(C)N)C1CC1. The van der Waals surface area contributed by atoms with E-state index >= 15 is 0 Å². The van der Waals surface area contributed by atoms with Crippen molar-refractivity contribution < 1.29 is 4.74 Å². The van der Waals surface area contributed by atoms with Gasteiger partial charge in [-0.2, -0.15) is 0 Å². The fraction of sp³-hybridized carbons (Fsp3) is 0.542. The number of pyridine rings is 1. The second kappa shape index (κ2) is 11.6. The van der Waals surface area contributed by atoms with Crippen molar-refractivity contribution >= 4 is 18.6 Å². The molecule has 1 aromatic heterocycles. The molecule has 0 aromatic carbocycles. The molecule has 2 saturated carbocycles. The standard InChI is InChI=1S/C24H36N6O/c1-27-21(18-10-11-18)14-16-28-15-6-9-23(30(2)26)24(25)22-13-12-20(17-29-22)31-19-7-4-3-5-8-19/h12-14,16-19H,1,3-11,15,25-26H2,2H3/b21-14-,24-23-,28-16-. The van der Waals surface area contributed by atoms with Gasteiger partial charge in [-0.25, -0.2) is 5.84 Å². The number of nitrogens with zero attached hydrogens (tertiary/aromatic N) is 4. The van der Waals surface area contributed by atoms with Crippen LogP contribution in [-0.2, 0) is 0 Å². The molecular formula is C24H36N6O. The molecule has 0 unspecified atom stereocenters. The van der Waals surface area contributed by atoms with E-state index in [2.05, 4.69) is 21.7 Å². The molecule has 0 bridgehead atoms. The molecule has 168 valence electrons. The summed E-state index contributed by atoms with van der Waals surface area (Å²) in [6.07, 6.45) is 15.9. The third-order valence-corrected chi connectivity index (χ3v) is 5.83. The van der Waals surface area contributed by atoms with Crippen LogP contribution in [0.25, 0.3) is 5.70 Å². The predicted molar refractivity (Wildman–Crippen MR) is 128 cm³/mol. The molecule has 3 rings (SSSR count). The minimum absolute atomic E-state index is 0.304. The first-order valence-corrected chi connectivity index (χ1v) is 11.4. The zero-order valence-electron chi connectivity index (χ0n) is 18.7. The fourth-order valence-corrected chi connectivity index (χ4v) is 3.87. The third-order valence-electron chi connectivity index (χ3n) is 5.83. The Balaban J connectivity index is 1.54. The second-order valence-electron chi connectivity index (χ2n) is 8.41. The van der Waals surface area contributed by atoms with Gasteiger partial charge >= 0.3 is 0 Å². The van der Waals surface area contributed by atoms with Crippen LogP contribution in [0.5, 0.6) is 5.75 Å². The molecular weight excluding hydrogens is 388 g/mol. The Hall–Kier alpha value is -2.67. The highest BCUT2D eigenvalue weighted by molar-refractivity contribution is 5.72.